The molecule has 1 unspecified atom stereocenters. The van der Waals surface area contributed by atoms with Crippen molar-refractivity contribution in [3.8, 4) is 5.75 Å². The van der Waals surface area contributed by atoms with Crippen LogP contribution in [0.25, 0.3) is 0 Å². The van der Waals surface area contributed by atoms with Gasteiger partial charge in [-0.05, 0) is 17.7 Å². The zero-order valence-corrected chi connectivity index (χ0v) is 13.8. The van der Waals surface area contributed by atoms with Gasteiger partial charge in [-0.2, -0.15) is 0 Å². The van der Waals surface area contributed by atoms with Crippen LogP contribution in [0.3, 0.4) is 0 Å². The highest BCUT2D eigenvalue weighted by atomic mass is 19.1. The largest absolute Gasteiger partial charge is 0.489 e. The maximum Gasteiger partial charge on any atom is 0.414 e. The maximum atomic E-state index is 13.3. The van der Waals surface area contributed by atoms with Crippen molar-refractivity contribution in [2.24, 2.45) is 0 Å². The Balaban J connectivity index is 0.000000487. The Kier molecular flexibility index (Phi) is 9.37. The summed E-state index contributed by atoms with van der Waals surface area (Å²) >= 11 is 0. The fraction of sp³-hybridized carbons (Fsp3) is 0.222. The van der Waals surface area contributed by atoms with Crippen LogP contribution < -0.4 is 10.1 Å². The van der Waals surface area contributed by atoms with E-state index in [-0.39, 0.29) is 11.6 Å². The van der Waals surface area contributed by atoms with Crippen molar-refractivity contribution in [2.45, 2.75) is 6.10 Å². The Bertz CT molecular complexity index is 683. The van der Waals surface area contributed by atoms with E-state index < -0.39 is 18.0 Å². The minimum Gasteiger partial charge on any atom is -0.489 e. The number of ether oxygens (including phenoxy) is 1. The third-order valence-corrected chi connectivity index (χ3v) is 3.08. The second-order valence-corrected chi connectivity index (χ2v) is 5.02. The summed E-state index contributed by atoms with van der Waals surface area (Å²) in [5.41, 5.74) is 0.870. The topological polar surface area (TPSA) is 116 Å². The van der Waals surface area contributed by atoms with Crippen LogP contribution >= 0.6 is 0 Å². The first kappa shape index (κ1) is 21.1. The monoisotopic (exact) mass is 365 g/mol. The molecule has 0 radical (unpaired) electrons. The van der Waals surface area contributed by atoms with Crippen LogP contribution in [-0.4, -0.2) is 47.0 Å². The summed E-state index contributed by atoms with van der Waals surface area (Å²) in [7, 11) is 0. The summed E-state index contributed by atoms with van der Waals surface area (Å²) in [6, 6.07) is 15.7. The van der Waals surface area contributed by atoms with Gasteiger partial charge in [-0.3, -0.25) is 0 Å². The van der Waals surface area contributed by atoms with E-state index in [0.29, 0.717) is 19.7 Å². The van der Waals surface area contributed by atoms with Crippen LogP contribution in [0.2, 0.25) is 0 Å². The van der Waals surface area contributed by atoms with E-state index in [1.54, 1.807) is 18.2 Å². The molecule has 7 nitrogen and oxygen atoms in total. The smallest absolute Gasteiger partial charge is 0.414 e. The average molecular weight is 365 g/mol. The highest BCUT2D eigenvalue weighted by Crippen LogP contribution is 2.15. The number of hydrogen-bond acceptors (Lipinski definition) is 5. The van der Waals surface area contributed by atoms with Crippen molar-refractivity contribution in [3.63, 3.8) is 0 Å². The van der Waals surface area contributed by atoms with Crippen molar-refractivity contribution in [3.05, 3.63) is 66.0 Å². The van der Waals surface area contributed by atoms with Crippen molar-refractivity contribution >= 4 is 11.9 Å². The van der Waals surface area contributed by atoms with E-state index in [4.69, 9.17) is 24.5 Å². The minimum atomic E-state index is -1.82. The van der Waals surface area contributed by atoms with Crippen LogP contribution in [0, 0.1) is 5.82 Å². The van der Waals surface area contributed by atoms with Gasteiger partial charge < -0.3 is 25.4 Å². The van der Waals surface area contributed by atoms with E-state index >= 15 is 0 Å². The number of nitrogens with one attached hydrogen (secondary N) is 1. The standard InChI is InChI=1S/C16H18FNO2.C2H2O4/c17-14-8-4-5-9-16(14)20-11-10-18-12-15(19)13-6-2-1-3-7-13;3-1(4)2(5)6/h1-9,15,18-19H,10-12H2;(H,3,4)(H,5,6). The van der Waals surface area contributed by atoms with Crippen LogP contribution in [0.4, 0.5) is 4.39 Å². The highest BCUT2D eigenvalue weighted by Gasteiger charge is 2.06. The van der Waals surface area contributed by atoms with E-state index in [1.165, 1.54) is 6.07 Å². The van der Waals surface area contributed by atoms with Gasteiger partial charge in [-0.1, -0.05) is 42.5 Å². The van der Waals surface area contributed by atoms with Crippen LogP contribution in [0.15, 0.2) is 54.6 Å². The van der Waals surface area contributed by atoms with Gasteiger partial charge in [0.1, 0.15) is 6.61 Å². The predicted molar refractivity (Wildman–Crippen MR) is 91.4 cm³/mol. The van der Waals surface area contributed by atoms with Gasteiger partial charge in [0.2, 0.25) is 0 Å². The number of aliphatic carboxylic acids is 2. The summed E-state index contributed by atoms with van der Waals surface area (Å²) in [6.07, 6.45) is -0.551. The fourth-order valence-corrected chi connectivity index (χ4v) is 1.83. The summed E-state index contributed by atoms with van der Waals surface area (Å²) in [6.45, 7) is 1.32. The molecular formula is C18H20FNO6. The Morgan fingerprint density at radius 1 is 1.00 bits per heavy atom. The molecule has 0 heterocycles. The van der Waals surface area contributed by atoms with Crippen LogP contribution in [0.5, 0.6) is 5.75 Å². The molecule has 0 bridgehead atoms. The number of carbonyl (C=O) groups is 2. The number of para-hydroxylation sites is 1. The summed E-state index contributed by atoms with van der Waals surface area (Å²) in [5.74, 6) is -3.76. The molecule has 8 heteroatoms. The number of rotatable bonds is 7. The lowest BCUT2D eigenvalue weighted by molar-refractivity contribution is -0.159. The molecule has 0 aliphatic rings. The molecule has 26 heavy (non-hydrogen) atoms. The first-order valence-corrected chi connectivity index (χ1v) is 7.69. The van der Waals surface area contributed by atoms with Gasteiger partial charge in [0.25, 0.3) is 0 Å². The highest BCUT2D eigenvalue weighted by molar-refractivity contribution is 6.27. The molecule has 2 aromatic rings. The Morgan fingerprint density at radius 2 is 1.58 bits per heavy atom. The van der Waals surface area contributed by atoms with Gasteiger partial charge in [-0.15, -0.1) is 0 Å². The molecule has 0 aliphatic heterocycles. The number of carboxylic acids is 2. The molecule has 140 valence electrons. The molecule has 0 spiro atoms. The molecule has 0 aromatic heterocycles. The van der Waals surface area contributed by atoms with Gasteiger partial charge in [-0.25, -0.2) is 14.0 Å². The van der Waals surface area contributed by atoms with Gasteiger partial charge >= 0.3 is 11.9 Å². The number of carboxylic acid groups (broad SMARTS) is 2. The normalized spacial score (nSPS) is 11.0. The molecule has 0 saturated carbocycles. The maximum absolute atomic E-state index is 13.3. The summed E-state index contributed by atoms with van der Waals surface area (Å²) < 4.78 is 18.6. The number of benzene rings is 2. The van der Waals surface area contributed by atoms with E-state index in [0.717, 1.165) is 5.56 Å². The molecule has 2 aromatic carbocycles. The first-order valence-electron chi connectivity index (χ1n) is 7.69. The lowest BCUT2D eigenvalue weighted by atomic mass is 10.1. The van der Waals surface area contributed by atoms with Crippen molar-refractivity contribution in [1.82, 2.24) is 5.32 Å². The van der Waals surface area contributed by atoms with Crippen molar-refractivity contribution in [1.29, 1.82) is 0 Å². The molecular weight excluding hydrogens is 345 g/mol. The lowest BCUT2D eigenvalue weighted by Gasteiger charge is -2.12. The van der Waals surface area contributed by atoms with Gasteiger partial charge in [0.15, 0.2) is 11.6 Å². The summed E-state index contributed by atoms with van der Waals surface area (Å²) in [4.78, 5) is 18.2. The predicted octanol–water partition coefficient (Wildman–Crippen LogP) is 1.68. The number of aliphatic hydroxyl groups is 1. The Labute approximate surface area is 149 Å². The molecule has 0 aliphatic carbocycles. The second kappa shape index (κ2) is 11.6. The van der Waals surface area contributed by atoms with Crippen LogP contribution in [-0.2, 0) is 9.59 Å². The molecule has 0 saturated heterocycles. The summed E-state index contributed by atoms with van der Waals surface area (Å²) in [5, 5.41) is 27.8. The first-order chi connectivity index (χ1) is 12.4. The fourth-order valence-electron chi connectivity index (χ4n) is 1.83. The van der Waals surface area contributed by atoms with Crippen molar-refractivity contribution < 1.29 is 34.0 Å². The number of hydrogen-bond donors (Lipinski definition) is 4. The van der Waals surface area contributed by atoms with Crippen molar-refractivity contribution in [2.75, 3.05) is 19.7 Å². The third kappa shape index (κ3) is 8.22. The number of aliphatic hydroxyl groups excluding tert-OH is 1. The number of halogens is 1. The minimum absolute atomic E-state index is 0.248. The van der Waals surface area contributed by atoms with Gasteiger partial charge in [0, 0.05) is 13.1 Å². The Hall–Kier alpha value is -2.97. The quantitative estimate of drug-likeness (QED) is 0.436. The van der Waals surface area contributed by atoms with E-state index in [9.17, 15) is 9.50 Å². The zero-order valence-electron chi connectivity index (χ0n) is 13.8. The second-order valence-electron chi connectivity index (χ2n) is 5.02. The molecule has 0 fully saturated rings. The third-order valence-electron chi connectivity index (χ3n) is 3.08. The van der Waals surface area contributed by atoms with E-state index in [1.807, 2.05) is 30.3 Å². The molecule has 2 rings (SSSR count). The molecule has 4 N–H and O–H groups in total. The van der Waals surface area contributed by atoms with Gasteiger partial charge in [0.05, 0.1) is 6.10 Å². The lowest BCUT2D eigenvalue weighted by Crippen LogP contribution is -2.26. The SMILES string of the molecule is O=C(O)C(=O)O.OC(CNCCOc1ccccc1F)c1ccccc1. The zero-order chi connectivity index (χ0) is 19.4. The molecule has 0 amide bonds. The van der Waals surface area contributed by atoms with Crippen LogP contribution in [0.1, 0.15) is 11.7 Å². The molecule has 1 atom stereocenters. The van der Waals surface area contributed by atoms with E-state index in [2.05, 4.69) is 5.32 Å². The Morgan fingerprint density at radius 3 is 2.15 bits per heavy atom. The average Bonchev–Trinajstić information content (AvgIpc) is 2.64.